The van der Waals surface area contributed by atoms with Crippen LogP contribution in [0.4, 0.5) is 0 Å². The average Bonchev–Trinajstić information content (AvgIpc) is 2.89. The van der Waals surface area contributed by atoms with Crippen molar-refractivity contribution in [3.63, 3.8) is 0 Å². The first-order chi connectivity index (χ1) is 9.01. The molecule has 102 valence electrons. The minimum atomic E-state index is -0.151. The van der Waals surface area contributed by atoms with Crippen LogP contribution in [0.2, 0.25) is 0 Å². The number of hydrogen-bond donors (Lipinski definition) is 1. The molecule has 0 fully saturated rings. The van der Waals surface area contributed by atoms with Crippen LogP contribution in [-0.2, 0) is 20.1 Å². The number of rotatable bonds is 4. The number of aryl methyl sites for hydroxylation is 4. The number of nitrogens with one attached hydrogen (secondary N) is 1. The van der Waals surface area contributed by atoms with Crippen LogP contribution in [0.1, 0.15) is 34.2 Å². The van der Waals surface area contributed by atoms with E-state index in [0.29, 0.717) is 12.2 Å². The van der Waals surface area contributed by atoms with E-state index in [1.165, 1.54) is 0 Å². The summed E-state index contributed by atoms with van der Waals surface area (Å²) in [5.74, 6) is -0.151. The van der Waals surface area contributed by atoms with Gasteiger partial charge in [-0.1, -0.05) is 0 Å². The molecule has 0 saturated carbocycles. The van der Waals surface area contributed by atoms with Crippen LogP contribution in [0.15, 0.2) is 12.4 Å². The molecule has 2 rings (SSSR count). The van der Waals surface area contributed by atoms with E-state index in [2.05, 4.69) is 15.5 Å². The third kappa shape index (κ3) is 2.83. The Hall–Kier alpha value is -2.11. The number of aromatic nitrogens is 4. The third-order valence-corrected chi connectivity index (χ3v) is 3.04. The summed E-state index contributed by atoms with van der Waals surface area (Å²) in [7, 11) is 1.80. The number of nitrogens with zero attached hydrogens (tertiary/aromatic N) is 4. The third-order valence-electron chi connectivity index (χ3n) is 3.04. The zero-order chi connectivity index (χ0) is 14.0. The van der Waals surface area contributed by atoms with Gasteiger partial charge in [-0.2, -0.15) is 10.2 Å². The van der Waals surface area contributed by atoms with E-state index in [9.17, 15) is 4.79 Å². The lowest BCUT2D eigenvalue weighted by Crippen LogP contribution is -2.24. The number of hydrogen-bond acceptors (Lipinski definition) is 3. The summed E-state index contributed by atoms with van der Waals surface area (Å²) in [6, 6.07) is 0. The van der Waals surface area contributed by atoms with E-state index >= 15 is 0 Å². The van der Waals surface area contributed by atoms with Gasteiger partial charge in [-0.3, -0.25) is 14.2 Å². The summed E-state index contributed by atoms with van der Waals surface area (Å²) < 4.78 is 3.51. The molecule has 6 heteroatoms. The molecule has 19 heavy (non-hydrogen) atoms. The predicted molar refractivity (Wildman–Crippen MR) is 71.8 cm³/mol. The van der Waals surface area contributed by atoms with Crippen molar-refractivity contribution >= 4 is 5.91 Å². The molecule has 0 aromatic carbocycles. The van der Waals surface area contributed by atoms with Crippen LogP contribution in [0, 0.1) is 13.8 Å². The molecule has 0 unspecified atom stereocenters. The lowest BCUT2D eigenvalue weighted by atomic mass is 10.2. The molecular formula is C13H19N5O. The molecule has 2 heterocycles. The second-order valence-electron chi connectivity index (χ2n) is 4.61. The maximum atomic E-state index is 12.0. The molecule has 6 nitrogen and oxygen atoms in total. The van der Waals surface area contributed by atoms with E-state index in [1.807, 2.05) is 37.8 Å². The first kappa shape index (κ1) is 13.3. The fraction of sp³-hybridized carbons (Fsp3) is 0.462. The van der Waals surface area contributed by atoms with Gasteiger partial charge in [0, 0.05) is 43.7 Å². The highest BCUT2D eigenvalue weighted by molar-refractivity contribution is 5.93. The Kier molecular flexibility index (Phi) is 3.69. The fourth-order valence-electron chi connectivity index (χ4n) is 1.99. The molecule has 0 aliphatic heterocycles. The lowest BCUT2D eigenvalue weighted by molar-refractivity contribution is 0.0944. The van der Waals surface area contributed by atoms with Crippen molar-refractivity contribution in [1.29, 1.82) is 0 Å². The Morgan fingerprint density at radius 2 is 2.05 bits per heavy atom. The van der Waals surface area contributed by atoms with Crippen molar-refractivity contribution in [2.45, 2.75) is 33.9 Å². The Labute approximate surface area is 112 Å². The predicted octanol–water partition coefficient (Wildman–Crippen LogP) is 1.18. The molecular weight excluding hydrogens is 242 g/mol. The molecule has 0 radical (unpaired) electrons. The van der Waals surface area contributed by atoms with Crippen LogP contribution in [-0.4, -0.2) is 25.5 Å². The highest BCUT2D eigenvalue weighted by atomic mass is 16.1. The normalized spacial score (nSPS) is 10.7. The lowest BCUT2D eigenvalue weighted by Gasteiger charge is -2.02. The Morgan fingerprint density at radius 3 is 2.58 bits per heavy atom. The van der Waals surface area contributed by atoms with Crippen molar-refractivity contribution in [3.05, 3.63) is 34.9 Å². The monoisotopic (exact) mass is 261 g/mol. The van der Waals surface area contributed by atoms with Crippen molar-refractivity contribution in [3.8, 4) is 0 Å². The second-order valence-corrected chi connectivity index (χ2v) is 4.61. The van der Waals surface area contributed by atoms with Gasteiger partial charge < -0.3 is 5.32 Å². The molecule has 0 bridgehead atoms. The Bertz CT molecular complexity index is 596. The van der Waals surface area contributed by atoms with E-state index < -0.39 is 0 Å². The van der Waals surface area contributed by atoms with E-state index in [-0.39, 0.29) is 5.91 Å². The molecule has 2 aromatic rings. The smallest absolute Gasteiger partial charge is 0.272 e. The summed E-state index contributed by atoms with van der Waals surface area (Å²) in [5.41, 5.74) is 3.33. The highest BCUT2D eigenvalue weighted by Gasteiger charge is 2.13. The van der Waals surface area contributed by atoms with E-state index in [1.54, 1.807) is 11.7 Å². The van der Waals surface area contributed by atoms with Gasteiger partial charge in [0.2, 0.25) is 0 Å². The van der Waals surface area contributed by atoms with Crippen LogP contribution >= 0.6 is 0 Å². The highest BCUT2D eigenvalue weighted by Crippen LogP contribution is 2.07. The van der Waals surface area contributed by atoms with Crippen molar-refractivity contribution in [1.82, 2.24) is 24.9 Å². The second kappa shape index (κ2) is 5.26. The van der Waals surface area contributed by atoms with Gasteiger partial charge in [-0.25, -0.2) is 0 Å². The average molecular weight is 261 g/mol. The quantitative estimate of drug-likeness (QED) is 0.899. The van der Waals surface area contributed by atoms with Gasteiger partial charge in [0.05, 0.1) is 5.69 Å². The van der Waals surface area contributed by atoms with Gasteiger partial charge in [0.15, 0.2) is 5.69 Å². The summed E-state index contributed by atoms with van der Waals surface area (Å²) >= 11 is 0. The minimum Gasteiger partial charge on any atom is -0.346 e. The van der Waals surface area contributed by atoms with E-state index in [0.717, 1.165) is 23.4 Å². The summed E-state index contributed by atoms with van der Waals surface area (Å²) in [5, 5.41) is 11.4. The van der Waals surface area contributed by atoms with Gasteiger partial charge in [-0.15, -0.1) is 0 Å². The minimum absolute atomic E-state index is 0.151. The first-order valence-corrected chi connectivity index (χ1v) is 6.32. The maximum absolute atomic E-state index is 12.0. The van der Waals surface area contributed by atoms with E-state index in [4.69, 9.17) is 0 Å². The van der Waals surface area contributed by atoms with Crippen LogP contribution in [0.25, 0.3) is 0 Å². The summed E-state index contributed by atoms with van der Waals surface area (Å²) in [4.78, 5) is 12.0. The maximum Gasteiger partial charge on any atom is 0.272 e. The molecule has 0 aliphatic carbocycles. The molecule has 1 N–H and O–H groups in total. The Balaban J connectivity index is 2.04. The van der Waals surface area contributed by atoms with Gasteiger partial charge in [-0.05, 0) is 20.8 Å². The molecule has 2 aromatic heterocycles. The Morgan fingerprint density at radius 1 is 1.32 bits per heavy atom. The number of amides is 1. The molecule has 0 atom stereocenters. The number of carbonyl (C=O) groups is 1. The molecule has 0 aliphatic rings. The van der Waals surface area contributed by atoms with Gasteiger partial charge in [0.25, 0.3) is 5.91 Å². The molecule has 1 amide bonds. The van der Waals surface area contributed by atoms with Crippen molar-refractivity contribution < 1.29 is 4.79 Å². The van der Waals surface area contributed by atoms with Gasteiger partial charge in [0.1, 0.15) is 0 Å². The van der Waals surface area contributed by atoms with Crippen molar-refractivity contribution in [2.24, 2.45) is 7.05 Å². The SMILES string of the molecule is CCn1cc(CNC(=O)c2nn(C)cc2C)c(C)n1. The topological polar surface area (TPSA) is 64.7 Å². The zero-order valence-electron chi connectivity index (χ0n) is 11.8. The van der Waals surface area contributed by atoms with Crippen LogP contribution in [0.3, 0.4) is 0 Å². The van der Waals surface area contributed by atoms with Gasteiger partial charge >= 0.3 is 0 Å². The van der Waals surface area contributed by atoms with Crippen molar-refractivity contribution in [2.75, 3.05) is 0 Å². The fourth-order valence-corrected chi connectivity index (χ4v) is 1.99. The number of carbonyl (C=O) groups excluding carboxylic acids is 1. The molecule has 0 saturated heterocycles. The standard InChI is InChI=1S/C13H19N5O/c1-5-18-8-11(10(3)15-18)6-14-13(19)12-9(2)7-17(4)16-12/h7-8H,5-6H2,1-4H3,(H,14,19). The summed E-state index contributed by atoms with van der Waals surface area (Å²) in [6.45, 7) is 7.16. The summed E-state index contributed by atoms with van der Waals surface area (Å²) in [6.07, 6.45) is 3.79. The first-order valence-electron chi connectivity index (χ1n) is 6.32. The largest absolute Gasteiger partial charge is 0.346 e. The van der Waals surface area contributed by atoms with Crippen LogP contribution < -0.4 is 5.32 Å². The zero-order valence-corrected chi connectivity index (χ0v) is 11.8. The van der Waals surface area contributed by atoms with Crippen LogP contribution in [0.5, 0.6) is 0 Å². The molecule has 0 spiro atoms.